The maximum absolute atomic E-state index is 11.0. The zero-order chi connectivity index (χ0) is 14.1. The normalized spacial score (nSPS) is 27.4. The second-order valence-corrected chi connectivity index (χ2v) is 12.8. The average Bonchev–Trinajstić information content (AvgIpc) is 2.78. The second-order valence-electron chi connectivity index (χ2n) is 7.32. The summed E-state index contributed by atoms with van der Waals surface area (Å²) < 4.78 is 11.5. The molecule has 4 heteroatoms. The van der Waals surface area contributed by atoms with E-state index in [1.54, 1.807) is 0 Å². The minimum Gasteiger partial charge on any atom is -0.389 e. The molecular formula is C15H28O3Si. The van der Waals surface area contributed by atoms with Crippen molar-refractivity contribution in [2.24, 2.45) is 5.92 Å². The fourth-order valence-corrected chi connectivity index (χ4v) is 5.24. The summed E-state index contributed by atoms with van der Waals surface area (Å²) in [6.45, 7) is 12.4. The van der Waals surface area contributed by atoms with E-state index in [0.29, 0.717) is 13.2 Å². The van der Waals surface area contributed by atoms with E-state index in [2.05, 4.69) is 26.2 Å². The molecular weight excluding hydrogens is 256 g/mol. The van der Waals surface area contributed by atoms with Gasteiger partial charge in [0.05, 0.1) is 18.8 Å². The molecule has 1 unspecified atom stereocenters. The molecule has 1 saturated heterocycles. The van der Waals surface area contributed by atoms with Gasteiger partial charge in [0, 0.05) is 26.8 Å². The Morgan fingerprint density at radius 2 is 1.68 bits per heavy atom. The molecule has 1 heterocycles. The van der Waals surface area contributed by atoms with Crippen molar-refractivity contribution in [2.45, 2.75) is 62.8 Å². The number of ether oxygens (including phenoxy) is 2. The highest BCUT2D eigenvalue weighted by Crippen LogP contribution is 2.45. The van der Waals surface area contributed by atoms with E-state index in [1.165, 1.54) is 0 Å². The van der Waals surface area contributed by atoms with Crippen molar-refractivity contribution in [3.05, 3.63) is 12.7 Å². The lowest BCUT2D eigenvalue weighted by molar-refractivity contribution is -0.207. The maximum atomic E-state index is 11.0. The highest BCUT2D eigenvalue weighted by Gasteiger charge is 2.48. The van der Waals surface area contributed by atoms with Crippen LogP contribution in [0.1, 0.15) is 25.7 Å². The predicted octanol–water partition coefficient (Wildman–Crippen LogP) is 3.18. The van der Waals surface area contributed by atoms with Gasteiger partial charge in [0.1, 0.15) is 0 Å². The third kappa shape index (κ3) is 3.48. The molecule has 19 heavy (non-hydrogen) atoms. The van der Waals surface area contributed by atoms with E-state index in [4.69, 9.17) is 9.47 Å². The van der Waals surface area contributed by atoms with Crippen molar-refractivity contribution >= 4 is 8.07 Å². The Kier molecular flexibility index (Phi) is 4.26. The van der Waals surface area contributed by atoms with E-state index >= 15 is 0 Å². The van der Waals surface area contributed by atoms with Crippen molar-refractivity contribution in [1.82, 2.24) is 0 Å². The Labute approximate surface area is 118 Å². The predicted molar refractivity (Wildman–Crippen MR) is 79.9 cm³/mol. The minimum absolute atomic E-state index is 0.206. The van der Waals surface area contributed by atoms with Crippen LogP contribution in [0.2, 0.25) is 25.7 Å². The van der Waals surface area contributed by atoms with E-state index in [1.807, 2.05) is 6.08 Å². The highest BCUT2D eigenvalue weighted by atomic mass is 28.3. The molecule has 0 radical (unpaired) electrons. The van der Waals surface area contributed by atoms with Crippen molar-refractivity contribution in [2.75, 3.05) is 13.2 Å². The lowest BCUT2D eigenvalue weighted by atomic mass is 9.74. The monoisotopic (exact) mass is 284 g/mol. The van der Waals surface area contributed by atoms with E-state index in [0.717, 1.165) is 31.7 Å². The second kappa shape index (κ2) is 5.32. The molecule has 1 spiro atoms. The van der Waals surface area contributed by atoms with Crippen LogP contribution in [-0.2, 0) is 9.47 Å². The van der Waals surface area contributed by atoms with Crippen LogP contribution in [0.3, 0.4) is 0 Å². The molecule has 1 saturated carbocycles. The van der Waals surface area contributed by atoms with Gasteiger partial charge in [-0.15, -0.1) is 6.58 Å². The first kappa shape index (κ1) is 15.2. The molecule has 2 aliphatic rings. The van der Waals surface area contributed by atoms with Gasteiger partial charge in [0.15, 0.2) is 5.79 Å². The number of aliphatic hydroxyl groups is 1. The topological polar surface area (TPSA) is 38.7 Å². The molecule has 1 N–H and O–H groups in total. The highest BCUT2D eigenvalue weighted by molar-refractivity contribution is 6.76. The summed E-state index contributed by atoms with van der Waals surface area (Å²) in [6, 6.07) is 1.10. The van der Waals surface area contributed by atoms with Gasteiger partial charge >= 0.3 is 0 Å². The van der Waals surface area contributed by atoms with Crippen molar-refractivity contribution in [3.63, 3.8) is 0 Å². The first-order valence-electron chi connectivity index (χ1n) is 7.42. The zero-order valence-corrected chi connectivity index (χ0v) is 13.6. The first-order valence-corrected chi connectivity index (χ1v) is 11.1. The molecule has 2 fully saturated rings. The molecule has 1 aliphatic heterocycles. The summed E-state index contributed by atoms with van der Waals surface area (Å²) in [7, 11) is -1.21. The Hall–Kier alpha value is -0.163. The van der Waals surface area contributed by atoms with Crippen LogP contribution in [0.15, 0.2) is 12.7 Å². The molecule has 0 aromatic carbocycles. The molecule has 0 aromatic heterocycles. The van der Waals surface area contributed by atoms with Gasteiger partial charge in [-0.2, -0.15) is 0 Å². The Morgan fingerprint density at radius 3 is 2.11 bits per heavy atom. The largest absolute Gasteiger partial charge is 0.389 e. The van der Waals surface area contributed by atoms with E-state index in [-0.39, 0.29) is 5.92 Å². The SMILES string of the molecule is C=CC(C[Si](C)(C)C)C1(O)CCC2(CC1)OCCO2. The van der Waals surface area contributed by atoms with Gasteiger partial charge in [-0.1, -0.05) is 25.7 Å². The van der Waals surface area contributed by atoms with Crippen LogP contribution in [0.5, 0.6) is 0 Å². The Balaban J connectivity index is 2.01. The maximum Gasteiger partial charge on any atom is 0.168 e. The Bertz CT molecular complexity index is 319. The van der Waals surface area contributed by atoms with Crippen LogP contribution in [-0.4, -0.2) is 37.8 Å². The molecule has 110 valence electrons. The van der Waals surface area contributed by atoms with Gasteiger partial charge in [0.2, 0.25) is 0 Å². The molecule has 0 bridgehead atoms. The minimum atomic E-state index is -1.21. The summed E-state index contributed by atoms with van der Waals surface area (Å²) in [5.74, 6) is -0.185. The fourth-order valence-electron chi connectivity index (χ4n) is 3.37. The van der Waals surface area contributed by atoms with Gasteiger partial charge in [-0.25, -0.2) is 0 Å². The van der Waals surface area contributed by atoms with Crippen LogP contribution >= 0.6 is 0 Å². The van der Waals surface area contributed by atoms with Crippen molar-refractivity contribution < 1.29 is 14.6 Å². The Morgan fingerprint density at radius 1 is 1.16 bits per heavy atom. The molecule has 1 atom stereocenters. The molecule has 1 aliphatic carbocycles. The zero-order valence-electron chi connectivity index (χ0n) is 12.6. The summed E-state index contributed by atoms with van der Waals surface area (Å²) >= 11 is 0. The van der Waals surface area contributed by atoms with Crippen LogP contribution in [0.25, 0.3) is 0 Å². The van der Waals surface area contributed by atoms with Gasteiger partial charge in [-0.05, 0) is 18.9 Å². The smallest absolute Gasteiger partial charge is 0.168 e. The summed E-state index contributed by atoms with van der Waals surface area (Å²) in [4.78, 5) is 0. The van der Waals surface area contributed by atoms with Gasteiger partial charge in [0.25, 0.3) is 0 Å². The standard InChI is InChI=1S/C15H28O3Si/c1-5-13(12-19(2,3)4)14(16)6-8-15(9-7-14)17-10-11-18-15/h5,13,16H,1,6-12H2,2-4H3. The third-order valence-corrected chi connectivity index (χ3v) is 6.16. The molecule has 0 amide bonds. The summed E-state index contributed by atoms with van der Waals surface area (Å²) in [5.41, 5.74) is -0.609. The van der Waals surface area contributed by atoms with E-state index in [9.17, 15) is 5.11 Å². The average molecular weight is 284 g/mol. The van der Waals surface area contributed by atoms with Crippen LogP contribution in [0, 0.1) is 5.92 Å². The lowest BCUT2D eigenvalue weighted by Crippen LogP contribution is -2.48. The molecule has 2 rings (SSSR count). The van der Waals surface area contributed by atoms with Crippen molar-refractivity contribution in [3.8, 4) is 0 Å². The molecule has 3 nitrogen and oxygen atoms in total. The van der Waals surface area contributed by atoms with Crippen LogP contribution < -0.4 is 0 Å². The lowest BCUT2D eigenvalue weighted by Gasteiger charge is -2.45. The fraction of sp³-hybridized carbons (Fsp3) is 0.867. The molecule has 0 aromatic rings. The number of rotatable bonds is 4. The summed E-state index contributed by atoms with van der Waals surface area (Å²) in [5, 5.41) is 11.0. The van der Waals surface area contributed by atoms with E-state index < -0.39 is 19.5 Å². The number of hydrogen-bond acceptors (Lipinski definition) is 3. The quantitative estimate of drug-likeness (QED) is 0.636. The first-order chi connectivity index (χ1) is 8.79. The van der Waals surface area contributed by atoms with Gasteiger partial charge in [-0.3, -0.25) is 0 Å². The summed E-state index contributed by atoms with van der Waals surface area (Å²) in [6.07, 6.45) is 5.09. The number of hydrogen-bond donors (Lipinski definition) is 1. The van der Waals surface area contributed by atoms with Gasteiger partial charge < -0.3 is 14.6 Å². The van der Waals surface area contributed by atoms with Crippen molar-refractivity contribution in [1.29, 1.82) is 0 Å². The third-order valence-electron chi connectivity index (χ3n) is 4.50. The van der Waals surface area contributed by atoms with Crippen LogP contribution in [0.4, 0.5) is 0 Å².